The number of ketones is 1. The lowest BCUT2D eigenvalue weighted by Crippen LogP contribution is -2.10. The van der Waals surface area contributed by atoms with Gasteiger partial charge in [0, 0.05) is 12.8 Å². The first-order valence-corrected chi connectivity index (χ1v) is 6.89. The van der Waals surface area contributed by atoms with Crippen molar-refractivity contribution in [3.05, 3.63) is 70.8 Å². The number of benzene rings is 2. The third-order valence-corrected chi connectivity index (χ3v) is 3.34. The number of carbonyl (C=O) groups is 1. The van der Waals surface area contributed by atoms with Crippen LogP contribution in [0.25, 0.3) is 0 Å². The fourth-order valence-electron chi connectivity index (χ4n) is 2.19. The molecule has 0 heterocycles. The lowest BCUT2D eigenvalue weighted by Gasteiger charge is -2.09. The van der Waals surface area contributed by atoms with E-state index in [1.54, 1.807) is 0 Å². The van der Waals surface area contributed by atoms with Crippen molar-refractivity contribution in [3.63, 3.8) is 0 Å². The largest absolute Gasteiger partial charge is 0.416 e. The topological polar surface area (TPSA) is 17.1 Å². The van der Waals surface area contributed by atoms with Crippen molar-refractivity contribution < 1.29 is 31.1 Å². The van der Waals surface area contributed by atoms with Gasteiger partial charge in [-0.1, -0.05) is 30.3 Å². The Bertz CT molecular complexity index is 713. The van der Waals surface area contributed by atoms with E-state index in [9.17, 15) is 31.1 Å². The quantitative estimate of drug-likeness (QED) is 0.706. The third kappa shape index (κ3) is 4.84. The smallest absolute Gasteiger partial charge is 0.299 e. The van der Waals surface area contributed by atoms with Crippen LogP contribution in [0.3, 0.4) is 0 Å². The molecule has 128 valence electrons. The van der Waals surface area contributed by atoms with E-state index in [1.165, 1.54) is 24.3 Å². The molecule has 0 N–H and O–H groups in total. The van der Waals surface area contributed by atoms with Crippen LogP contribution in [0.1, 0.15) is 22.3 Å². The van der Waals surface area contributed by atoms with E-state index in [1.807, 2.05) is 0 Å². The monoisotopic (exact) mass is 346 g/mol. The summed E-state index contributed by atoms with van der Waals surface area (Å²) in [7, 11) is 0. The standard InChI is InChI=1S/C17H12F6O/c18-16(19,20)13-6-4-11(5-7-13)9-15(24)10-12-2-1-3-14(8-12)17(21,22)23/h1-8H,9-10H2. The van der Waals surface area contributed by atoms with Crippen molar-refractivity contribution in [3.8, 4) is 0 Å². The lowest BCUT2D eigenvalue weighted by atomic mass is 10.0. The first-order valence-electron chi connectivity index (χ1n) is 6.89. The number of carbonyl (C=O) groups excluding carboxylic acids is 1. The number of hydrogen-bond acceptors (Lipinski definition) is 1. The maximum absolute atomic E-state index is 12.6. The van der Waals surface area contributed by atoms with Crippen molar-refractivity contribution in [2.75, 3.05) is 0 Å². The van der Waals surface area contributed by atoms with Gasteiger partial charge in [0.2, 0.25) is 0 Å². The second-order valence-corrected chi connectivity index (χ2v) is 5.29. The molecule has 24 heavy (non-hydrogen) atoms. The summed E-state index contributed by atoms with van der Waals surface area (Å²) in [5.41, 5.74) is -1.08. The van der Waals surface area contributed by atoms with Crippen molar-refractivity contribution in [2.45, 2.75) is 25.2 Å². The molecule has 0 unspecified atom stereocenters. The molecule has 0 radical (unpaired) electrons. The van der Waals surface area contributed by atoms with Gasteiger partial charge in [-0.3, -0.25) is 4.79 Å². The summed E-state index contributed by atoms with van der Waals surface area (Å²) in [6.07, 6.45) is -9.31. The molecule has 0 amide bonds. The van der Waals surface area contributed by atoms with E-state index < -0.39 is 23.5 Å². The van der Waals surface area contributed by atoms with Gasteiger partial charge in [-0.2, -0.15) is 26.3 Å². The Morgan fingerprint density at radius 2 is 1.25 bits per heavy atom. The second kappa shape index (κ2) is 6.67. The van der Waals surface area contributed by atoms with Crippen molar-refractivity contribution in [1.29, 1.82) is 0 Å². The number of alkyl halides is 6. The zero-order valence-corrected chi connectivity index (χ0v) is 12.2. The Morgan fingerprint density at radius 1 is 0.708 bits per heavy atom. The maximum Gasteiger partial charge on any atom is 0.416 e. The average molecular weight is 346 g/mol. The molecule has 0 bridgehead atoms. The number of hydrogen-bond donors (Lipinski definition) is 0. The van der Waals surface area contributed by atoms with Gasteiger partial charge in [0.15, 0.2) is 0 Å². The van der Waals surface area contributed by atoms with E-state index in [-0.39, 0.29) is 24.2 Å². The molecular formula is C17H12F6O. The first kappa shape index (κ1) is 18.0. The van der Waals surface area contributed by atoms with Gasteiger partial charge in [0.1, 0.15) is 5.78 Å². The highest BCUT2D eigenvalue weighted by Crippen LogP contribution is 2.30. The van der Waals surface area contributed by atoms with E-state index >= 15 is 0 Å². The van der Waals surface area contributed by atoms with Crippen LogP contribution in [0.5, 0.6) is 0 Å². The molecule has 0 atom stereocenters. The minimum Gasteiger partial charge on any atom is -0.299 e. The number of halogens is 6. The Morgan fingerprint density at radius 3 is 1.79 bits per heavy atom. The minimum atomic E-state index is -4.49. The van der Waals surface area contributed by atoms with Crippen molar-refractivity contribution in [1.82, 2.24) is 0 Å². The van der Waals surface area contributed by atoms with Gasteiger partial charge in [-0.25, -0.2) is 0 Å². The summed E-state index contributed by atoms with van der Waals surface area (Å²) >= 11 is 0. The van der Waals surface area contributed by atoms with Crippen molar-refractivity contribution >= 4 is 5.78 Å². The summed E-state index contributed by atoms with van der Waals surface area (Å²) in [5.74, 6) is -0.380. The van der Waals surface area contributed by atoms with Crippen molar-refractivity contribution in [2.24, 2.45) is 0 Å². The zero-order chi connectivity index (χ0) is 18.0. The molecule has 2 rings (SSSR count). The fourth-order valence-corrected chi connectivity index (χ4v) is 2.19. The lowest BCUT2D eigenvalue weighted by molar-refractivity contribution is -0.138. The average Bonchev–Trinajstić information content (AvgIpc) is 2.46. The Kier molecular flexibility index (Phi) is 5.01. The van der Waals surface area contributed by atoms with E-state index in [0.29, 0.717) is 5.56 Å². The molecule has 0 spiro atoms. The Hall–Kier alpha value is -2.31. The first-order chi connectivity index (χ1) is 11.1. The molecule has 0 saturated carbocycles. The molecule has 0 aliphatic rings. The minimum absolute atomic E-state index is 0.144. The molecule has 0 aliphatic carbocycles. The number of rotatable bonds is 4. The van der Waals surface area contributed by atoms with Crippen LogP contribution in [0.2, 0.25) is 0 Å². The molecule has 0 aliphatic heterocycles. The molecule has 2 aromatic carbocycles. The molecule has 1 nitrogen and oxygen atoms in total. The van der Waals surface area contributed by atoms with Gasteiger partial charge in [0.25, 0.3) is 0 Å². The second-order valence-electron chi connectivity index (χ2n) is 5.29. The van der Waals surface area contributed by atoms with Crippen LogP contribution in [0, 0.1) is 0 Å². The van der Waals surface area contributed by atoms with Gasteiger partial charge >= 0.3 is 12.4 Å². The van der Waals surface area contributed by atoms with E-state index in [0.717, 1.165) is 24.3 Å². The third-order valence-electron chi connectivity index (χ3n) is 3.34. The van der Waals surface area contributed by atoms with Crippen LogP contribution < -0.4 is 0 Å². The predicted molar refractivity (Wildman–Crippen MR) is 75.3 cm³/mol. The highest BCUT2D eigenvalue weighted by atomic mass is 19.4. The fraction of sp³-hybridized carbons (Fsp3) is 0.235. The van der Waals surface area contributed by atoms with Crippen LogP contribution in [-0.2, 0) is 30.0 Å². The molecular weight excluding hydrogens is 334 g/mol. The normalized spacial score (nSPS) is 12.2. The van der Waals surface area contributed by atoms with Gasteiger partial charge < -0.3 is 0 Å². The summed E-state index contributed by atoms with van der Waals surface area (Å²) in [6.45, 7) is 0. The highest BCUT2D eigenvalue weighted by molar-refractivity contribution is 5.83. The summed E-state index contributed by atoms with van der Waals surface area (Å²) < 4.78 is 75.2. The molecule has 0 fully saturated rings. The van der Waals surface area contributed by atoms with E-state index in [2.05, 4.69) is 0 Å². The predicted octanol–water partition coefficient (Wildman–Crippen LogP) is 5.08. The summed E-state index contributed by atoms with van der Waals surface area (Å²) in [4.78, 5) is 11.9. The molecule has 0 saturated heterocycles. The summed E-state index contributed by atoms with van der Waals surface area (Å²) in [5, 5.41) is 0. The van der Waals surface area contributed by atoms with Crippen LogP contribution in [0.15, 0.2) is 48.5 Å². The Labute approximate surface area is 133 Å². The Balaban J connectivity index is 2.03. The van der Waals surface area contributed by atoms with Crippen LogP contribution in [-0.4, -0.2) is 5.78 Å². The van der Waals surface area contributed by atoms with Gasteiger partial charge in [0.05, 0.1) is 11.1 Å². The van der Waals surface area contributed by atoms with E-state index in [4.69, 9.17) is 0 Å². The van der Waals surface area contributed by atoms with Gasteiger partial charge in [-0.15, -0.1) is 0 Å². The molecule has 2 aromatic rings. The van der Waals surface area contributed by atoms with Gasteiger partial charge in [-0.05, 0) is 29.3 Å². The van der Waals surface area contributed by atoms with Crippen LogP contribution >= 0.6 is 0 Å². The molecule has 7 heteroatoms. The maximum atomic E-state index is 12.6. The number of Topliss-reactive ketones (excluding diaryl/α,β-unsaturated/α-hetero) is 1. The van der Waals surface area contributed by atoms with Crippen LogP contribution in [0.4, 0.5) is 26.3 Å². The SMILES string of the molecule is O=C(Cc1ccc(C(F)(F)F)cc1)Cc1cccc(C(F)(F)F)c1. The summed E-state index contributed by atoms with van der Waals surface area (Å²) in [6, 6.07) is 8.53. The highest BCUT2D eigenvalue weighted by Gasteiger charge is 2.31. The molecule has 0 aromatic heterocycles. The zero-order valence-electron chi connectivity index (χ0n) is 12.2.